The van der Waals surface area contributed by atoms with E-state index in [0.717, 1.165) is 0 Å². The van der Waals surface area contributed by atoms with Crippen LogP contribution in [0.1, 0.15) is 25.1 Å². The fourth-order valence-electron chi connectivity index (χ4n) is 1.16. The summed E-state index contributed by atoms with van der Waals surface area (Å²) < 4.78 is 13.4. The monoisotopic (exact) mass is 201 g/mol. The zero-order valence-electron chi connectivity index (χ0n) is 7.50. The van der Waals surface area contributed by atoms with Gasteiger partial charge >= 0.3 is 0 Å². The summed E-state index contributed by atoms with van der Waals surface area (Å²) >= 11 is 5.73. The largest absolute Gasteiger partial charge is 0.328 e. The van der Waals surface area contributed by atoms with Crippen molar-refractivity contribution >= 4 is 11.6 Å². The molecule has 72 valence electrons. The van der Waals surface area contributed by atoms with E-state index in [9.17, 15) is 4.39 Å². The number of alkyl halides is 1. The lowest BCUT2D eigenvalue weighted by Gasteiger charge is -2.10. The van der Waals surface area contributed by atoms with E-state index < -0.39 is 6.17 Å². The minimum Gasteiger partial charge on any atom is -0.328 e. The van der Waals surface area contributed by atoms with E-state index in [4.69, 9.17) is 17.3 Å². The molecule has 0 saturated heterocycles. The van der Waals surface area contributed by atoms with Gasteiger partial charge in [-0.25, -0.2) is 4.39 Å². The van der Waals surface area contributed by atoms with Crippen molar-refractivity contribution in [3.8, 4) is 0 Å². The molecule has 0 saturated carbocycles. The highest BCUT2D eigenvalue weighted by Gasteiger charge is 2.11. The lowest BCUT2D eigenvalue weighted by molar-refractivity contribution is 0.307. The van der Waals surface area contributed by atoms with Crippen LogP contribution in [0, 0.1) is 0 Å². The molecule has 0 spiro atoms. The second-order valence-corrected chi connectivity index (χ2v) is 3.67. The number of rotatable bonds is 3. The van der Waals surface area contributed by atoms with Crippen LogP contribution in [0.5, 0.6) is 0 Å². The van der Waals surface area contributed by atoms with Crippen molar-refractivity contribution in [1.29, 1.82) is 0 Å². The molecule has 0 amide bonds. The first-order chi connectivity index (χ1) is 6.09. The average molecular weight is 202 g/mol. The molecule has 0 radical (unpaired) electrons. The first-order valence-corrected chi connectivity index (χ1v) is 4.62. The zero-order valence-corrected chi connectivity index (χ0v) is 8.26. The predicted octanol–water partition coefficient (Wildman–Crippen LogP) is 3.09. The molecule has 0 fully saturated rings. The first-order valence-electron chi connectivity index (χ1n) is 4.24. The molecule has 1 rings (SSSR count). The van der Waals surface area contributed by atoms with Crippen molar-refractivity contribution in [1.82, 2.24) is 0 Å². The van der Waals surface area contributed by atoms with E-state index in [-0.39, 0.29) is 6.04 Å². The molecule has 0 aliphatic heterocycles. The van der Waals surface area contributed by atoms with E-state index in [1.54, 1.807) is 31.2 Å². The van der Waals surface area contributed by atoms with Crippen molar-refractivity contribution in [3.05, 3.63) is 34.9 Å². The van der Waals surface area contributed by atoms with Gasteiger partial charge in [0.2, 0.25) is 0 Å². The van der Waals surface area contributed by atoms with E-state index >= 15 is 0 Å². The van der Waals surface area contributed by atoms with E-state index in [1.165, 1.54) is 0 Å². The van der Waals surface area contributed by atoms with Crippen LogP contribution in [0.4, 0.5) is 4.39 Å². The van der Waals surface area contributed by atoms with Gasteiger partial charge in [-0.15, -0.1) is 0 Å². The Morgan fingerprint density at radius 3 is 2.77 bits per heavy atom. The van der Waals surface area contributed by atoms with Crippen LogP contribution in [-0.2, 0) is 0 Å². The minimum atomic E-state index is -1.02. The molecule has 0 heterocycles. The molecule has 0 aromatic heterocycles. The van der Waals surface area contributed by atoms with Gasteiger partial charge < -0.3 is 5.73 Å². The molecule has 1 aromatic carbocycles. The molecule has 3 heteroatoms. The van der Waals surface area contributed by atoms with Crippen LogP contribution >= 0.6 is 11.6 Å². The molecular weight excluding hydrogens is 189 g/mol. The highest BCUT2D eigenvalue weighted by molar-refractivity contribution is 6.30. The standard InChI is InChI=1S/C10H13ClFN/c1-7(13)5-10(12)8-3-2-4-9(11)6-8/h2-4,6-7,10H,5,13H2,1H3. The van der Waals surface area contributed by atoms with Gasteiger partial charge in [0.15, 0.2) is 0 Å². The van der Waals surface area contributed by atoms with Gasteiger partial charge in [0, 0.05) is 11.1 Å². The summed E-state index contributed by atoms with van der Waals surface area (Å²) in [7, 11) is 0. The Kier molecular flexibility index (Phi) is 3.70. The second kappa shape index (κ2) is 4.58. The number of hydrogen-bond acceptors (Lipinski definition) is 1. The van der Waals surface area contributed by atoms with Gasteiger partial charge in [-0.05, 0) is 31.0 Å². The molecule has 1 nitrogen and oxygen atoms in total. The molecule has 0 aliphatic rings. The Morgan fingerprint density at radius 1 is 1.54 bits per heavy atom. The van der Waals surface area contributed by atoms with Gasteiger partial charge in [-0.3, -0.25) is 0 Å². The highest BCUT2D eigenvalue weighted by atomic mass is 35.5. The maximum absolute atomic E-state index is 13.4. The number of hydrogen-bond donors (Lipinski definition) is 1. The van der Waals surface area contributed by atoms with Crippen molar-refractivity contribution in [2.75, 3.05) is 0 Å². The lowest BCUT2D eigenvalue weighted by Crippen LogP contribution is -2.16. The van der Waals surface area contributed by atoms with Crippen LogP contribution in [0.3, 0.4) is 0 Å². The molecule has 13 heavy (non-hydrogen) atoms. The summed E-state index contributed by atoms with van der Waals surface area (Å²) in [6.45, 7) is 1.79. The van der Waals surface area contributed by atoms with Crippen LogP contribution in [0.2, 0.25) is 5.02 Å². The maximum atomic E-state index is 13.4. The van der Waals surface area contributed by atoms with Crippen LogP contribution in [0.15, 0.2) is 24.3 Å². The van der Waals surface area contributed by atoms with E-state index in [2.05, 4.69) is 0 Å². The fraction of sp³-hybridized carbons (Fsp3) is 0.400. The summed E-state index contributed by atoms with van der Waals surface area (Å²) in [6.07, 6.45) is -0.681. The van der Waals surface area contributed by atoms with Gasteiger partial charge in [-0.2, -0.15) is 0 Å². The third-order valence-electron chi connectivity index (χ3n) is 1.79. The number of nitrogens with two attached hydrogens (primary N) is 1. The SMILES string of the molecule is CC(N)CC(F)c1cccc(Cl)c1. The third-order valence-corrected chi connectivity index (χ3v) is 2.02. The number of halogens is 2. The molecule has 1 aromatic rings. The molecule has 0 bridgehead atoms. The maximum Gasteiger partial charge on any atom is 0.127 e. The van der Waals surface area contributed by atoms with E-state index in [0.29, 0.717) is 17.0 Å². The molecule has 2 unspecified atom stereocenters. The Morgan fingerprint density at radius 2 is 2.23 bits per heavy atom. The van der Waals surface area contributed by atoms with Gasteiger partial charge in [0.1, 0.15) is 6.17 Å². The summed E-state index contributed by atoms with van der Waals surface area (Å²) in [5, 5.41) is 0.560. The van der Waals surface area contributed by atoms with Gasteiger partial charge in [-0.1, -0.05) is 23.7 Å². The normalized spacial score (nSPS) is 15.4. The summed E-state index contributed by atoms with van der Waals surface area (Å²) in [6, 6.07) is 6.69. The smallest absolute Gasteiger partial charge is 0.127 e. The Bertz CT molecular complexity index is 275. The van der Waals surface area contributed by atoms with Crippen LogP contribution in [-0.4, -0.2) is 6.04 Å². The van der Waals surface area contributed by atoms with Gasteiger partial charge in [0.05, 0.1) is 0 Å². The van der Waals surface area contributed by atoms with Crippen molar-refractivity contribution in [2.45, 2.75) is 25.6 Å². The fourth-order valence-corrected chi connectivity index (χ4v) is 1.36. The topological polar surface area (TPSA) is 26.0 Å². The Balaban J connectivity index is 2.71. The summed E-state index contributed by atoms with van der Waals surface area (Å²) in [5.74, 6) is 0. The second-order valence-electron chi connectivity index (χ2n) is 3.24. The van der Waals surface area contributed by atoms with Crippen LogP contribution < -0.4 is 5.73 Å². The van der Waals surface area contributed by atoms with Gasteiger partial charge in [0.25, 0.3) is 0 Å². The lowest BCUT2D eigenvalue weighted by atomic mass is 10.0. The van der Waals surface area contributed by atoms with Crippen molar-refractivity contribution in [2.24, 2.45) is 5.73 Å². The minimum absolute atomic E-state index is 0.131. The zero-order chi connectivity index (χ0) is 9.84. The third kappa shape index (κ3) is 3.33. The molecule has 2 N–H and O–H groups in total. The van der Waals surface area contributed by atoms with Crippen molar-refractivity contribution < 1.29 is 4.39 Å². The quantitative estimate of drug-likeness (QED) is 0.799. The van der Waals surface area contributed by atoms with Crippen molar-refractivity contribution in [3.63, 3.8) is 0 Å². The van der Waals surface area contributed by atoms with E-state index in [1.807, 2.05) is 0 Å². The molecule has 2 atom stereocenters. The highest BCUT2D eigenvalue weighted by Crippen LogP contribution is 2.24. The predicted molar refractivity (Wildman–Crippen MR) is 53.6 cm³/mol. The number of benzene rings is 1. The Labute approximate surface area is 82.7 Å². The summed E-state index contributed by atoms with van der Waals surface area (Å²) in [4.78, 5) is 0. The van der Waals surface area contributed by atoms with Crippen LogP contribution in [0.25, 0.3) is 0 Å². The summed E-state index contributed by atoms with van der Waals surface area (Å²) in [5.41, 5.74) is 6.10. The average Bonchev–Trinajstić information content (AvgIpc) is 2.03. The molecule has 0 aliphatic carbocycles. The Hall–Kier alpha value is -0.600. The first kappa shape index (κ1) is 10.5. The molecular formula is C10H13ClFN.